The minimum atomic E-state index is -2.59. The third-order valence-corrected chi connectivity index (χ3v) is 13.0. The van der Waals surface area contributed by atoms with Crippen LogP contribution in [0.5, 0.6) is 0 Å². The second-order valence-corrected chi connectivity index (χ2v) is 16.9. The lowest BCUT2D eigenvalue weighted by Gasteiger charge is -2.47. The second-order valence-electron chi connectivity index (χ2n) is 16.9. The van der Waals surface area contributed by atoms with Gasteiger partial charge in [-0.15, -0.1) is 0 Å². The number of methoxy groups -OCH3 is 3. The van der Waals surface area contributed by atoms with E-state index in [2.05, 4.69) is 0 Å². The van der Waals surface area contributed by atoms with Gasteiger partial charge in [0.2, 0.25) is 5.79 Å². The van der Waals surface area contributed by atoms with Crippen LogP contribution in [0.4, 0.5) is 0 Å². The highest BCUT2D eigenvalue weighted by Gasteiger charge is 2.56. The fourth-order valence-electron chi connectivity index (χ4n) is 9.18. The van der Waals surface area contributed by atoms with Crippen molar-refractivity contribution in [1.82, 2.24) is 4.90 Å². The molecule has 3 fully saturated rings. The maximum absolute atomic E-state index is 14.3. The molecule has 3 heterocycles. The number of fused-ring (bicyclic) bond motifs is 3. The van der Waals surface area contributed by atoms with Crippen LogP contribution in [0, 0.1) is 29.6 Å². The zero-order valence-corrected chi connectivity index (χ0v) is 35.3. The Morgan fingerprint density at radius 1 is 0.912 bits per heavy atom. The number of Topliss-reactive ketones (excluding diaryl/α,β-unsaturated/α-hetero) is 3. The second kappa shape index (κ2) is 20.4. The minimum absolute atomic E-state index is 0.0338. The molecule has 2 saturated heterocycles. The van der Waals surface area contributed by atoms with Crippen LogP contribution in [0.2, 0.25) is 0 Å². The van der Waals surface area contributed by atoms with Gasteiger partial charge in [-0.2, -0.15) is 0 Å². The molecule has 1 aliphatic carbocycles. The number of rotatable bonds is 6. The van der Waals surface area contributed by atoms with Crippen molar-refractivity contribution >= 4 is 29.2 Å². The van der Waals surface area contributed by atoms with Crippen molar-refractivity contribution in [2.45, 2.75) is 160 Å². The summed E-state index contributed by atoms with van der Waals surface area (Å²) in [6.07, 6.45) is 1.09. The normalized spacial score (nSPS) is 41.1. The van der Waals surface area contributed by atoms with Crippen molar-refractivity contribution in [3.8, 4) is 0 Å². The molecule has 0 spiro atoms. The number of cyclic esters (lactones) is 1. The molecule has 14 heteroatoms. The lowest BCUT2D eigenvalue weighted by Crippen LogP contribution is -2.64. The van der Waals surface area contributed by atoms with E-state index in [9.17, 15) is 39.3 Å². The molecular formula is C43H67NO13. The summed E-state index contributed by atoms with van der Waals surface area (Å²) < 4.78 is 29.4. The van der Waals surface area contributed by atoms with Gasteiger partial charge in [-0.1, -0.05) is 39.8 Å². The Labute approximate surface area is 337 Å². The van der Waals surface area contributed by atoms with Crippen molar-refractivity contribution in [2.75, 3.05) is 27.9 Å². The minimum Gasteiger partial charge on any atom is -0.456 e. The first-order valence-corrected chi connectivity index (χ1v) is 20.8. The van der Waals surface area contributed by atoms with E-state index in [4.69, 9.17) is 23.7 Å². The highest BCUT2D eigenvalue weighted by Crippen LogP contribution is 2.39. The fourth-order valence-corrected chi connectivity index (χ4v) is 9.18. The van der Waals surface area contributed by atoms with Gasteiger partial charge in [-0.3, -0.25) is 19.2 Å². The Hall–Kier alpha value is -2.85. The van der Waals surface area contributed by atoms with Crippen molar-refractivity contribution < 1.29 is 63.0 Å². The zero-order chi connectivity index (χ0) is 42.4. The lowest BCUT2D eigenvalue weighted by atomic mass is 9.81. The van der Waals surface area contributed by atoms with Gasteiger partial charge in [-0.05, 0) is 88.7 Å². The van der Waals surface area contributed by atoms with Gasteiger partial charge in [0, 0.05) is 58.0 Å². The van der Waals surface area contributed by atoms with E-state index < -0.39 is 89.8 Å². The number of esters is 1. The molecule has 322 valence electrons. The lowest BCUT2D eigenvalue weighted by molar-refractivity contribution is -0.302. The number of carbonyl (C=O) groups excluding carboxylic acids is 5. The van der Waals surface area contributed by atoms with Crippen molar-refractivity contribution in [1.29, 1.82) is 0 Å². The molecule has 14 nitrogen and oxygen atoms in total. The number of hydrogen-bond acceptors (Lipinski definition) is 13. The average Bonchev–Trinajstić information content (AvgIpc) is 3.20. The monoisotopic (exact) mass is 805 g/mol. The molecule has 3 aliphatic heterocycles. The molecule has 14 atom stereocenters. The molecule has 57 heavy (non-hydrogen) atoms. The van der Waals surface area contributed by atoms with Gasteiger partial charge < -0.3 is 43.9 Å². The molecule has 0 aromatic carbocycles. The van der Waals surface area contributed by atoms with E-state index in [-0.39, 0.29) is 55.8 Å². The summed E-state index contributed by atoms with van der Waals surface area (Å²) in [5, 5.41) is 34.0. The van der Waals surface area contributed by atoms with Crippen LogP contribution in [0.3, 0.4) is 0 Å². The van der Waals surface area contributed by atoms with E-state index in [0.717, 1.165) is 4.90 Å². The Morgan fingerprint density at radius 2 is 1.56 bits per heavy atom. The summed E-state index contributed by atoms with van der Waals surface area (Å²) in [4.78, 5) is 71.4. The van der Waals surface area contributed by atoms with Crippen LogP contribution in [-0.2, 0) is 47.7 Å². The Kier molecular flexibility index (Phi) is 16.8. The van der Waals surface area contributed by atoms with Gasteiger partial charge in [0.15, 0.2) is 5.78 Å². The fraction of sp³-hybridized carbons (Fsp3) is 0.791. The number of carbonyl (C=O) groups is 5. The first-order chi connectivity index (χ1) is 26.9. The van der Waals surface area contributed by atoms with Crippen molar-refractivity contribution in [2.24, 2.45) is 29.6 Å². The molecule has 0 aromatic heterocycles. The highest BCUT2D eigenvalue weighted by atomic mass is 16.7. The molecule has 4 rings (SSSR count). The van der Waals surface area contributed by atoms with Gasteiger partial charge in [0.1, 0.15) is 24.0 Å². The predicted octanol–water partition coefficient (Wildman–Crippen LogP) is 3.65. The number of allylic oxidation sites excluding steroid dienone is 3. The van der Waals surface area contributed by atoms with Gasteiger partial charge in [0.05, 0.1) is 30.5 Å². The summed E-state index contributed by atoms with van der Waals surface area (Å²) in [7, 11) is 4.44. The van der Waals surface area contributed by atoms with Crippen molar-refractivity contribution in [3.05, 3.63) is 23.3 Å². The predicted molar refractivity (Wildman–Crippen MR) is 208 cm³/mol. The zero-order valence-electron chi connectivity index (χ0n) is 35.3. The average molecular weight is 806 g/mol. The number of nitrogens with zero attached hydrogens (tertiary/aromatic N) is 1. The van der Waals surface area contributed by atoms with E-state index >= 15 is 0 Å². The van der Waals surface area contributed by atoms with Crippen LogP contribution in [0.25, 0.3) is 0 Å². The molecular weight excluding hydrogens is 738 g/mol. The van der Waals surface area contributed by atoms with E-state index in [1.807, 2.05) is 13.0 Å². The van der Waals surface area contributed by atoms with Crippen molar-refractivity contribution in [3.63, 3.8) is 0 Å². The largest absolute Gasteiger partial charge is 0.456 e. The number of aliphatic hydroxyl groups is 3. The summed E-state index contributed by atoms with van der Waals surface area (Å²) in [5.74, 6) is -9.23. The van der Waals surface area contributed by atoms with Gasteiger partial charge in [-0.25, -0.2) is 4.79 Å². The number of piperidine rings is 1. The van der Waals surface area contributed by atoms with Crippen LogP contribution in [-0.4, -0.2) is 132 Å². The number of aliphatic hydroxyl groups excluding tert-OH is 2. The number of amides is 1. The van der Waals surface area contributed by atoms with Crippen LogP contribution in [0.1, 0.15) is 106 Å². The third kappa shape index (κ3) is 10.7. The van der Waals surface area contributed by atoms with E-state index in [1.54, 1.807) is 47.8 Å². The van der Waals surface area contributed by atoms with Crippen LogP contribution in [0.15, 0.2) is 23.3 Å². The van der Waals surface area contributed by atoms with Crippen LogP contribution >= 0.6 is 0 Å². The molecule has 0 radical (unpaired) electrons. The van der Waals surface area contributed by atoms with Crippen LogP contribution < -0.4 is 0 Å². The highest BCUT2D eigenvalue weighted by molar-refractivity contribution is 6.39. The Balaban J connectivity index is 1.79. The molecule has 3 N–H and O–H groups in total. The number of hydrogen-bond donors (Lipinski definition) is 3. The third-order valence-electron chi connectivity index (χ3n) is 13.0. The molecule has 14 unspecified atom stereocenters. The molecule has 2 bridgehead atoms. The summed E-state index contributed by atoms with van der Waals surface area (Å²) in [6.45, 7) is 10.3. The van der Waals surface area contributed by atoms with Gasteiger partial charge in [0.25, 0.3) is 11.7 Å². The van der Waals surface area contributed by atoms with E-state index in [0.29, 0.717) is 49.7 Å². The summed E-state index contributed by atoms with van der Waals surface area (Å²) in [6, 6.07) is -1.17. The first-order valence-electron chi connectivity index (χ1n) is 20.8. The maximum Gasteiger partial charge on any atom is 0.329 e. The summed E-state index contributed by atoms with van der Waals surface area (Å²) in [5.41, 5.74) is 0.980. The van der Waals surface area contributed by atoms with E-state index in [1.165, 1.54) is 14.2 Å². The first kappa shape index (κ1) is 46.8. The Morgan fingerprint density at radius 3 is 2.19 bits per heavy atom. The topological polar surface area (TPSA) is 195 Å². The van der Waals surface area contributed by atoms with Gasteiger partial charge >= 0.3 is 5.97 Å². The SMILES string of the molecule is CCC1/C=C(\C)C(=O)C(C)CC(OC)C2OC(O)(C(=O)C(=O)N3CCCCC3C(=O)OC(C(C)=CC3CCC(O)C(OC)C3)C(C)C(O)CC1=O)C(C)CC2OC. The molecule has 1 amide bonds. The quantitative estimate of drug-likeness (QED) is 0.200. The number of ketones is 3. The Bertz CT molecular complexity index is 1510. The molecule has 4 aliphatic rings. The number of ether oxygens (including phenoxy) is 5. The molecule has 1 saturated carbocycles. The smallest absolute Gasteiger partial charge is 0.329 e. The maximum atomic E-state index is 14.3. The molecule has 0 aromatic rings. The standard InChI is InChI=1S/C43H67NO13/c1-10-29-18-23(2)37(48)24(3)19-35(54-8)39-36(55-9)20-26(5)43(52,57-39)40(49)41(50)44-16-12-11-13-30(44)42(51)56-38(27(6)32(46)22-33(29)47)25(4)17-28-14-15-31(45)34(21-28)53-7/h17-18,24,26-32,34-36,38-39,45-46,52H,10-16,19-22H2,1-9H3/b23-18+,25-17?. The summed E-state index contributed by atoms with van der Waals surface area (Å²) >= 11 is 0.